The maximum Gasteiger partial charge on any atom is 0.524 e. The molecule has 4 aliphatic rings. The predicted octanol–water partition coefficient (Wildman–Crippen LogP) is 27.0. The van der Waals surface area contributed by atoms with Crippen LogP contribution in [-0.4, -0.2) is 33.7 Å². The van der Waals surface area contributed by atoms with Gasteiger partial charge in [0.15, 0.2) is 0 Å². The van der Waals surface area contributed by atoms with Crippen molar-refractivity contribution in [1.82, 2.24) is 0 Å². The third kappa shape index (κ3) is 11.5. The van der Waals surface area contributed by atoms with Gasteiger partial charge in [-0.05, 0) is 320 Å². The molecule has 4 aliphatic carbocycles. The highest BCUT2D eigenvalue weighted by Gasteiger charge is 2.55. The number of phenolic OH excluding ortho intramolecular Hbond substituents is 1. The average molecular weight is 1580 g/mol. The number of benzene rings is 18. The molecule has 0 amide bonds. The number of phenols is 1. The van der Waals surface area contributed by atoms with E-state index in [2.05, 4.69) is 376 Å². The van der Waals surface area contributed by atoms with E-state index in [-0.39, 0.29) is 12.0 Å². The van der Waals surface area contributed by atoms with Gasteiger partial charge in [-0.1, -0.05) is 236 Å². The first-order valence-corrected chi connectivity index (χ1v) is 42.5. The summed E-state index contributed by atoms with van der Waals surface area (Å²) in [4.78, 5) is 4.84. The molecule has 13 heteroatoms. The Kier molecular flexibility index (Phi) is 17.0. The van der Waals surface area contributed by atoms with Gasteiger partial charge in [-0.15, -0.1) is 3.63 Å². The second-order valence-corrected chi connectivity index (χ2v) is 34.9. The Hall–Kier alpha value is -13.4. The minimum absolute atomic E-state index is 0.191. The van der Waals surface area contributed by atoms with Crippen LogP contribution in [0.15, 0.2) is 340 Å². The lowest BCUT2D eigenvalue weighted by Crippen LogP contribution is -2.27. The summed E-state index contributed by atoms with van der Waals surface area (Å²) in [5.41, 5.74) is 27.4. The van der Waals surface area contributed by atoms with E-state index in [1.165, 1.54) is 165 Å². The zero-order valence-electron chi connectivity index (χ0n) is 65.2. The number of alkyl halides is 3. The molecule has 0 unspecified atom stereocenters. The number of aryl methyl sites for hydroxylation is 5. The first-order valence-electron chi connectivity index (χ1n) is 39.3. The molecule has 574 valence electrons. The normalized spacial score (nSPS) is 13.5. The van der Waals surface area contributed by atoms with Crippen molar-refractivity contribution in [3.8, 4) is 50.3 Å². The maximum atomic E-state index is 11.4. The highest BCUT2D eigenvalue weighted by Crippen LogP contribution is 2.67. The maximum absolute atomic E-state index is 11.4. The fourth-order valence-electron chi connectivity index (χ4n) is 19.7. The van der Waals surface area contributed by atoms with Gasteiger partial charge in [0.05, 0.1) is 17.1 Å². The standard InChI is InChI=1S/C52H37N.C51H35NO.C2H3F3O5S2/c1-32-12-10-14-35(26-32)53(36-15-11-13-33(2)27-36)37-23-25-43-47-30-45-39-17-5-4-16-38(39)44-28-34(3)22-24-40(44)46(45)31-51(47)52(50(43)29-37)48-20-8-6-18-41(48)42-19-7-9-21-49(42)52;1-31-11-9-13-33(25-31)52(34-14-10-12-32(2)26-34)35-21-23-42-46-29-44-38-16-4-3-15-37(38)43-28-36(53)22-24-39(43)45(44)30-50(46)51(49(42)27-35)47-19-7-5-17-40(47)41-18-6-8-20-48(41)51;1-11(6,7)10-12(8,9)2(3,4)5/h4-31H,1-3H3;3-30,53H,1-2H3;1H3. The molecule has 8 nitrogen and oxygen atoms in total. The molecule has 118 heavy (non-hydrogen) atoms. The number of halogens is 3. The molecule has 22 rings (SSSR count). The first kappa shape index (κ1) is 73.5. The summed E-state index contributed by atoms with van der Waals surface area (Å²) >= 11 is 0. The highest BCUT2D eigenvalue weighted by atomic mass is 32.3. The molecule has 1 N–H and O–H groups in total. The Bertz CT molecular complexity index is 6990. The number of rotatable bonds is 8. The summed E-state index contributed by atoms with van der Waals surface area (Å²) < 4.78 is 76.8. The Morgan fingerprint density at radius 3 is 0.881 bits per heavy atom. The van der Waals surface area contributed by atoms with E-state index >= 15 is 0 Å². The van der Waals surface area contributed by atoms with Crippen molar-refractivity contribution in [1.29, 1.82) is 0 Å². The van der Waals surface area contributed by atoms with Crippen molar-refractivity contribution >= 4 is 119 Å². The average Bonchev–Trinajstić information content (AvgIpc) is 1.51. The van der Waals surface area contributed by atoms with Crippen molar-refractivity contribution in [3.63, 3.8) is 0 Å². The van der Waals surface area contributed by atoms with Crippen molar-refractivity contribution in [2.45, 2.75) is 51.0 Å². The molecule has 18 aromatic carbocycles. The van der Waals surface area contributed by atoms with Gasteiger partial charge < -0.3 is 14.9 Å². The van der Waals surface area contributed by atoms with Crippen LogP contribution >= 0.6 is 0 Å². The predicted molar refractivity (Wildman–Crippen MR) is 476 cm³/mol. The van der Waals surface area contributed by atoms with E-state index in [0.717, 1.165) is 50.3 Å². The van der Waals surface area contributed by atoms with Crippen LogP contribution in [0.1, 0.15) is 72.3 Å². The largest absolute Gasteiger partial charge is 0.524 e. The van der Waals surface area contributed by atoms with Crippen LogP contribution < -0.4 is 9.80 Å². The van der Waals surface area contributed by atoms with Crippen LogP contribution in [0.3, 0.4) is 0 Å². The molecule has 0 saturated heterocycles. The highest BCUT2D eigenvalue weighted by molar-refractivity contribution is 7.99. The van der Waals surface area contributed by atoms with Crippen LogP contribution in [0.5, 0.6) is 5.75 Å². The van der Waals surface area contributed by atoms with Crippen LogP contribution in [0.2, 0.25) is 0 Å². The minimum Gasteiger partial charge on any atom is -0.508 e. The molecular formula is C105H75F3N2O6S2. The molecule has 2 spiro atoms. The van der Waals surface area contributed by atoms with Gasteiger partial charge in [0.25, 0.3) is 10.1 Å². The smallest absolute Gasteiger partial charge is 0.508 e. The van der Waals surface area contributed by atoms with E-state index < -0.39 is 36.6 Å². The fourth-order valence-corrected chi connectivity index (χ4v) is 21.3. The third-order valence-electron chi connectivity index (χ3n) is 24.2. The van der Waals surface area contributed by atoms with Crippen LogP contribution in [0.4, 0.5) is 47.3 Å². The van der Waals surface area contributed by atoms with Crippen molar-refractivity contribution < 1.29 is 38.7 Å². The van der Waals surface area contributed by atoms with Gasteiger partial charge >= 0.3 is 15.6 Å². The number of aromatic hydroxyl groups is 1. The zero-order chi connectivity index (χ0) is 81.1. The molecule has 0 bridgehead atoms. The lowest BCUT2D eigenvalue weighted by Gasteiger charge is -2.32. The quantitative estimate of drug-likeness (QED) is 0.119. The summed E-state index contributed by atoms with van der Waals surface area (Å²) in [5, 5.41) is 25.5. The molecule has 18 aromatic rings. The van der Waals surface area contributed by atoms with E-state index in [4.69, 9.17) is 0 Å². The zero-order valence-corrected chi connectivity index (χ0v) is 66.8. The van der Waals surface area contributed by atoms with Crippen LogP contribution in [0, 0.1) is 34.6 Å². The first-order chi connectivity index (χ1) is 57.0. The third-order valence-corrected chi connectivity index (χ3v) is 26.5. The fraction of sp³-hybridized carbons (Fsp3) is 0.0857. The van der Waals surface area contributed by atoms with Crippen molar-refractivity contribution in [2.24, 2.45) is 0 Å². The van der Waals surface area contributed by atoms with E-state index in [0.29, 0.717) is 0 Å². The van der Waals surface area contributed by atoms with Gasteiger partial charge in [0.2, 0.25) is 0 Å². The second kappa shape index (κ2) is 27.4. The molecular weight excluding hydrogens is 1510 g/mol. The molecule has 0 saturated carbocycles. The monoisotopic (exact) mass is 1580 g/mol. The molecule has 0 atom stereocenters. The molecule has 0 aromatic heterocycles. The number of fused-ring (bicyclic) bond motifs is 32. The molecule has 0 fully saturated rings. The van der Waals surface area contributed by atoms with Gasteiger partial charge in [-0.25, -0.2) is 0 Å². The lowest BCUT2D eigenvalue weighted by atomic mass is 9.70. The minimum atomic E-state index is -6.04. The second-order valence-electron chi connectivity index (χ2n) is 31.6. The van der Waals surface area contributed by atoms with Gasteiger partial charge in [0.1, 0.15) is 5.75 Å². The summed E-state index contributed by atoms with van der Waals surface area (Å²) in [6.07, 6.45) is 0.191. The number of hydrogen-bond acceptors (Lipinski definition) is 8. The topological polar surface area (TPSA) is 104 Å². The summed E-state index contributed by atoms with van der Waals surface area (Å²) in [6, 6.07) is 126. The van der Waals surface area contributed by atoms with Crippen LogP contribution in [0.25, 0.3) is 109 Å². The Morgan fingerprint density at radius 2 is 0.542 bits per heavy atom. The molecule has 0 heterocycles. The molecule has 0 radical (unpaired) electrons. The number of nitrogens with zero attached hydrogens (tertiary/aromatic N) is 2. The van der Waals surface area contributed by atoms with Gasteiger partial charge in [0, 0.05) is 34.1 Å². The van der Waals surface area contributed by atoms with E-state index in [1.54, 1.807) is 0 Å². The summed E-state index contributed by atoms with van der Waals surface area (Å²) in [7, 11) is -10.7. The van der Waals surface area contributed by atoms with Gasteiger partial charge in [-0.3, -0.25) is 0 Å². The Morgan fingerprint density at radius 1 is 0.263 bits per heavy atom. The Balaban J connectivity index is 0.000000133. The number of hydrogen-bond donors (Lipinski definition) is 1. The van der Waals surface area contributed by atoms with Crippen LogP contribution in [-0.2, 0) is 34.7 Å². The number of anilines is 6. The van der Waals surface area contributed by atoms with Crippen molar-refractivity contribution in [2.75, 3.05) is 16.1 Å². The van der Waals surface area contributed by atoms with Gasteiger partial charge in [-0.2, -0.15) is 30.0 Å². The van der Waals surface area contributed by atoms with Crippen molar-refractivity contribution in [3.05, 3.63) is 412 Å². The Labute approximate surface area is 682 Å². The summed E-state index contributed by atoms with van der Waals surface area (Å²) in [6.45, 7) is 10.9. The molecule has 0 aliphatic heterocycles. The van der Waals surface area contributed by atoms with E-state index in [1.807, 2.05) is 12.1 Å². The lowest BCUT2D eigenvalue weighted by molar-refractivity contribution is -0.0498. The summed E-state index contributed by atoms with van der Waals surface area (Å²) in [5.74, 6) is 0.282. The SMILES string of the molecule is CS(=O)(=O)OS(=O)(=O)C(F)(F)F.Cc1cccc(N(c2cccc(C)c2)c2ccc3c(c2)C2(c4ccccc4-c4ccccc42)c2cc4c5ccc(C)cc5c5ccccc5c4cc2-3)c1.Cc1cccc(N(c2cccc(C)c2)c2ccc3c(c2)C2(c4ccccc4-c4ccccc42)c2cc4c5ccc(O)cc5c5ccccc5c4cc2-3)c1. The van der Waals surface area contributed by atoms with E-state index in [9.17, 15) is 35.1 Å².